The first-order valence-corrected chi connectivity index (χ1v) is 13.6. The van der Waals surface area contributed by atoms with E-state index in [1.807, 2.05) is 9.80 Å². The van der Waals surface area contributed by atoms with Gasteiger partial charge in [-0.05, 0) is 49.3 Å². The van der Waals surface area contributed by atoms with Crippen molar-refractivity contribution in [3.63, 3.8) is 0 Å². The number of fused-ring (bicyclic) bond motifs is 1. The summed E-state index contributed by atoms with van der Waals surface area (Å²) in [5, 5.41) is 6.12. The van der Waals surface area contributed by atoms with Gasteiger partial charge >= 0.3 is 12.1 Å². The minimum atomic E-state index is -0.837. The van der Waals surface area contributed by atoms with Gasteiger partial charge in [0.25, 0.3) is 0 Å². The predicted molar refractivity (Wildman–Crippen MR) is 142 cm³/mol. The highest BCUT2D eigenvalue weighted by atomic mass is 19.2. The van der Waals surface area contributed by atoms with Crippen LogP contribution in [0.25, 0.3) is 0 Å². The second kappa shape index (κ2) is 12.3. The number of aromatic nitrogens is 1. The van der Waals surface area contributed by atoms with Crippen LogP contribution in [0.15, 0.2) is 36.7 Å². The molecule has 0 unspecified atom stereocenters. The molecule has 3 aliphatic rings. The molecule has 2 atom stereocenters. The van der Waals surface area contributed by atoms with E-state index in [2.05, 4.69) is 20.5 Å². The molecule has 0 bridgehead atoms. The molecule has 2 aromatic rings. The zero-order valence-corrected chi connectivity index (χ0v) is 22.2. The lowest BCUT2D eigenvalue weighted by molar-refractivity contribution is 0.123. The van der Waals surface area contributed by atoms with Gasteiger partial charge in [-0.15, -0.1) is 0 Å². The van der Waals surface area contributed by atoms with Gasteiger partial charge in [-0.3, -0.25) is 9.88 Å². The molecule has 2 fully saturated rings. The van der Waals surface area contributed by atoms with Gasteiger partial charge in [-0.25, -0.2) is 18.4 Å². The van der Waals surface area contributed by atoms with Gasteiger partial charge in [-0.1, -0.05) is 12.1 Å². The van der Waals surface area contributed by atoms with Gasteiger partial charge in [0.05, 0.1) is 18.8 Å². The Kier molecular flexibility index (Phi) is 8.56. The fourth-order valence-corrected chi connectivity index (χ4v) is 5.95. The Morgan fingerprint density at radius 1 is 1.15 bits per heavy atom. The number of methoxy groups -OCH3 is 1. The summed E-state index contributed by atoms with van der Waals surface area (Å²) >= 11 is 0. The number of nitrogens with zero attached hydrogens (tertiary/aromatic N) is 4. The molecule has 1 aromatic heterocycles. The third kappa shape index (κ3) is 6.30. The lowest BCUT2D eigenvalue weighted by atomic mass is 9.93. The first-order valence-electron chi connectivity index (χ1n) is 13.6. The summed E-state index contributed by atoms with van der Waals surface area (Å²) in [6.07, 6.45) is 6.13. The normalized spacial score (nSPS) is 22.7. The van der Waals surface area contributed by atoms with Crippen LogP contribution in [0.1, 0.15) is 42.7 Å². The standard InChI is InChI=1S/C28H36F2N6O3/c1-39-14-13-34-16-19(23-3-2-4-24(29)26(23)30)5-6-21(18-34)32-27(37)35-11-8-22(9-12-35)36-17-20-15-31-10-7-25(20)33-28(36)38/h2-4,7,10,15,19,21-22H,5-6,8-9,11-14,16-18H2,1H3,(H,32,37)(H,33,38)/t19-,21-/m1/s1. The summed E-state index contributed by atoms with van der Waals surface area (Å²) in [4.78, 5) is 35.9. The largest absolute Gasteiger partial charge is 0.383 e. The van der Waals surface area contributed by atoms with Gasteiger partial charge < -0.3 is 25.2 Å². The first-order chi connectivity index (χ1) is 18.9. The number of rotatable bonds is 6. The number of carbonyl (C=O) groups excluding carboxylic acids is 2. The van der Waals surface area contributed by atoms with Crippen molar-refractivity contribution in [3.05, 3.63) is 59.4 Å². The first kappa shape index (κ1) is 27.3. The molecule has 0 aliphatic carbocycles. The van der Waals surface area contributed by atoms with Crippen molar-refractivity contribution in [1.82, 2.24) is 25.0 Å². The van der Waals surface area contributed by atoms with Crippen molar-refractivity contribution in [2.75, 3.05) is 51.8 Å². The van der Waals surface area contributed by atoms with Crippen LogP contribution in [0.4, 0.5) is 24.1 Å². The van der Waals surface area contributed by atoms with E-state index in [4.69, 9.17) is 4.74 Å². The molecule has 0 radical (unpaired) electrons. The SMILES string of the molecule is COCCN1C[C@H](NC(=O)N2CCC(N3Cc4cnccc4NC3=O)CC2)CC[C@@H](c2cccc(F)c2F)C1. The van der Waals surface area contributed by atoms with Crippen LogP contribution in [0.2, 0.25) is 0 Å². The van der Waals surface area contributed by atoms with Gasteiger partial charge in [0.15, 0.2) is 11.6 Å². The molecule has 2 N–H and O–H groups in total. The summed E-state index contributed by atoms with van der Waals surface area (Å²) < 4.78 is 33.8. The number of anilines is 1. The van der Waals surface area contributed by atoms with Gasteiger partial charge in [0, 0.05) is 69.9 Å². The zero-order chi connectivity index (χ0) is 27.4. The van der Waals surface area contributed by atoms with E-state index < -0.39 is 11.6 Å². The number of hydrogen-bond acceptors (Lipinski definition) is 5. The molecule has 11 heteroatoms. The molecule has 0 saturated carbocycles. The number of amides is 4. The van der Waals surface area contributed by atoms with Crippen molar-refractivity contribution in [2.24, 2.45) is 0 Å². The number of benzene rings is 1. The zero-order valence-electron chi connectivity index (χ0n) is 22.2. The maximum atomic E-state index is 14.6. The molecule has 0 spiro atoms. The molecule has 3 aliphatic heterocycles. The average Bonchev–Trinajstić information content (AvgIpc) is 3.15. The van der Waals surface area contributed by atoms with Gasteiger partial charge in [-0.2, -0.15) is 0 Å². The number of urea groups is 2. The number of piperidine rings is 1. The number of pyridine rings is 1. The highest BCUT2D eigenvalue weighted by molar-refractivity contribution is 5.92. The average molecular weight is 543 g/mol. The van der Waals surface area contributed by atoms with E-state index in [1.165, 1.54) is 0 Å². The number of carbonyl (C=O) groups is 2. The minimum absolute atomic E-state index is 0.0479. The van der Waals surface area contributed by atoms with Crippen LogP contribution in [0, 0.1) is 11.6 Å². The van der Waals surface area contributed by atoms with E-state index in [0.717, 1.165) is 17.3 Å². The van der Waals surface area contributed by atoms with Crippen LogP contribution in [0.5, 0.6) is 0 Å². The maximum absolute atomic E-state index is 14.6. The Hall–Kier alpha value is -3.31. The fourth-order valence-electron chi connectivity index (χ4n) is 5.95. The topological polar surface area (TPSA) is 90.0 Å². The highest BCUT2D eigenvalue weighted by Gasteiger charge is 2.34. The van der Waals surface area contributed by atoms with Crippen molar-refractivity contribution >= 4 is 17.7 Å². The van der Waals surface area contributed by atoms with Crippen molar-refractivity contribution in [2.45, 2.75) is 50.2 Å². The second-order valence-corrected chi connectivity index (χ2v) is 10.6. The summed E-state index contributed by atoms with van der Waals surface area (Å²) in [6.45, 7) is 3.95. The van der Waals surface area contributed by atoms with Crippen LogP contribution in [-0.2, 0) is 11.3 Å². The van der Waals surface area contributed by atoms with Gasteiger partial charge in [0.1, 0.15) is 0 Å². The summed E-state index contributed by atoms with van der Waals surface area (Å²) in [5.41, 5.74) is 2.17. The minimum Gasteiger partial charge on any atom is -0.383 e. The van der Waals surface area contributed by atoms with Gasteiger partial charge in [0.2, 0.25) is 0 Å². The summed E-state index contributed by atoms with van der Waals surface area (Å²) in [7, 11) is 1.63. The van der Waals surface area contributed by atoms with E-state index in [1.54, 1.807) is 37.7 Å². The molecule has 5 rings (SSSR count). The molecule has 39 heavy (non-hydrogen) atoms. The molecule has 210 valence electrons. The number of halogens is 2. The van der Waals surface area contributed by atoms with Crippen LogP contribution >= 0.6 is 0 Å². The molecule has 4 amide bonds. The summed E-state index contributed by atoms with van der Waals surface area (Å²) in [6, 6.07) is 5.82. The van der Waals surface area contributed by atoms with Crippen molar-refractivity contribution in [3.8, 4) is 0 Å². The van der Waals surface area contributed by atoms with Crippen molar-refractivity contribution < 1.29 is 23.1 Å². The monoisotopic (exact) mass is 542 g/mol. The van der Waals surface area contributed by atoms with E-state index in [-0.39, 0.29) is 30.1 Å². The number of hydrogen-bond donors (Lipinski definition) is 2. The Labute approximate surface area is 227 Å². The number of ether oxygens (including phenoxy) is 1. The Morgan fingerprint density at radius 2 is 1.97 bits per heavy atom. The number of nitrogens with one attached hydrogen (secondary N) is 2. The van der Waals surface area contributed by atoms with Crippen molar-refractivity contribution in [1.29, 1.82) is 0 Å². The predicted octanol–water partition coefficient (Wildman–Crippen LogP) is 3.78. The molecule has 9 nitrogen and oxygen atoms in total. The Balaban J connectivity index is 1.17. The smallest absolute Gasteiger partial charge is 0.322 e. The molecule has 4 heterocycles. The Morgan fingerprint density at radius 3 is 2.77 bits per heavy atom. The quantitative estimate of drug-likeness (QED) is 0.580. The van der Waals surface area contributed by atoms with E-state index in [0.29, 0.717) is 77.1 Å². The molecule has 2 saturated heterocycles. The molecular weight excluding hydrogens is 506 g/mol. The highest BCUT2D eigenvalue weighted by Crippen LogP contribution is 2.30. The third-order valence-corrected chi connectivity index (χ3v) is 8.12. The molecular formula is C28H36F2N6O3. The molecule has 1 aromatic carbocycles. The lowest BCUT2D eigenvalue weighted by Gasteiger charge is -2.40. The van der Waals surface area contributed by atoms with E-state index >= 15 is 0 Å². The fraction of sp³-hybridized carbons (Fsp3) is 0.536. The second-order valence-electron chi connectivity index (χ2n) is 10.6. The van der Waals surface area contributed by atoms with Crippen LogP contribution in [0.3, 0.4) is 0 Å². The van der Waals surface area contributed by atoms with Crippen LogP contribution in [-0.4, -0.2) is 90.3 Å². The van der Waals surface area contributed by atoms with E-state index in [9.17, 15) is 18.4 Å². The summed E-state index contributed by atoms with van der Waals surface area (Å²) in [5.74, 6) is -1.80. The third-order valence-electron chi connectivity index (χ3n) is 8.12. The maximum Gasteiger partial charge on any atom is 0.322 e. The Bertz CT molecular complexity index is 1180. The number of likely N-dealkylation sites (tertiary alicyclic amines) is 2. The van der Waals surface area contributed by atoms with Crippen LogP contribution < -0.4 is 10.6 Å². The lowest BCUT2D eigenvalue weighted by Crippen LogP contribution is -2.54.